The van der Waals surface area contributed by atoms with Crippen LogP contribution in [0.1, 0.15) is 33.8 Å². The smallest absolute Gasteiger partial charge is 0.250 e. The molecule has 0 bridgehead atoms. The third-order valence-electron chi connectivity index (χ3n) is 4.90. The van der Waals surface area contributed by atoms with Gasteiger partial charge in [0.2, 0.25) is 5.91 Å². The van der Waals surface area contributed by atoms with Crippen LogP contribution in [0.2, 0.25) is 5.02 Å². The Bertz CT molecular complexity index is 1230. The molecule has 1 aromatic carbocycles. The maximum atomic E-state index is 12.3. The number of hydrazone groups is 1. The zero-order chi connectivity index (χ0) is 24.0. The van der Waals surface area contributed by atoms with Crippen LogP contribution >= 0.6 is 23.4 Å². The second-order valence-corrected chi connectivity index (χ2v) is 8.77. The molecule has 33 heavy (non-hydrogen) atoms. The van der Waals surface area contributed by atoms with Gasteiger partial charge in [0, 0.05) is 40.5 Å². The summed E-state index contributed by atoms with van der Waals surface area (Å²) in [6, 6.07) is 13.6. The van der Waals surface area contributed by atoms with E-state index in [4.69, 9.17) is 16.3 Å². The number of nitriles is 1. The molecule has 9 heteroatoms. The summed E-state index contributed by atoms with van der Waals surface area (Å²) in [4.78, 5) is 16.7. The zero-order valence-corrected chi connectivity index (χ0v) is 20.4. The average molecular weight is 482 g/mol. The molecule has 0 saturated carbocycles. The number of hydrogen-bond donors (Lipinski definition) is 1. The number of methoxy groups -OCH3 is 1. The van der Waals surface area contributed by atoms with Crippen LogP contribution in [0.25, 0.3) is 5.69 Å². The first-order valence-corrected chi connectivity index (χ1v) is 11.5. The van der Waals surface area contributed by atoms with E-state index in [1.807, 2.05) is 57.2 Å². The average Bonchev–Trinajstić information content (AvgIpc) is 3.06. The van der Waals surface area contributed by atoms with Crippen LogP contribution in [0, 0.1) is 32.1 Å². The molecule has 0 atom stereocenters. The van der Waals surface area contributed by atoms with Crippen LogP contribution in [-0.2, 0) is 16.1 Å². The molecule has 3 rings (SSSR count). The van der Waals surface area contributed by atoms with Gasteiger partial charge < -0.3 is 9.30 Å². The molecule has 2 heterocycles. The molecule has 2 aromatic heterocycles. The Labute approximate surface area is 202 Å². The highest BCUT2D eigenvalue weighted by atomic mass is 35.5. The Morgan fingerprint density at radius 3 is 2.70 bits per heavy atom. The van der Waals surface area contributed by atoms with Crippen molar-refractivity contribution in [3.63, 3.8) is 0 Å². The third-order valence-corrected chi connectivity index (χ3v) is 6.12. The van der Waals surface area contributed by atoms with Gasteiger partial charge in [-0.1, -0.05) is 23.4 Å². The van der Waals surface area contributed by atoms with Gasteiger partial charge in [-0.05, 0) is 62.7 Å². The normalized spacial score (nSPS) is 11.0. The van der Waals surface area contributed by atoms with E-state index >= 15 is 0 Å². The van der Waals surface area contributed by atoms with E-state index in [-0.39, 0.29) is 11.7 Å². The first-order chi connectivity index (χ1) is 15.8. The summed E-state index contributed by atoms with van der Waals surface area (Å²) in [5.41, 5.74) is 8.42. The molecule has 0 aliphatic heterocycles. The number of thioether (sulfide) groups is 1. The second-order valence-electron chi connectivity index (χ2n) is 7.37. The summed E-state index contributed by atoms with van der Waals surface area (Å²) in [6.45, 7) is 6.15. The lowest BCUT2D eigenvalue weighted by Crippen LogP contribution is -2.20. The van der Waals surface area contributed by atoms with E-state index in [0.717, 1.165) is 33.9 Å². The van der Waals surface area contributed by atoms with E-state index in [0.29, 0.717) is 22.2 Å². The summed E-state index contributed by atoms with van der Waals surface area (Å²) in [5.74, 6) is -0.207. The largest absolute Gasteiger partial charge is 0.380 e. The van der Waals surface area contributed by atoms with Crippen molar-refractivity contribution < 1.29 is 9.53 Å². The monoisotopic (exact) mass is 481 g/mol. The number of nitrogens with zero attached hydrogens (tertiary/aromatic N) is 4. The number of rotatable bonds is 8. The number of aromatic nitrogens is 2. The number of aryl methyl sites for hydroxylation is 2. The lowest BCUT2D eigenvalue weighted by atomic mass is 10.1. The number of carbonyl (C=O) groups is 1. The Kier molecular flexibility index (Phi) is 8.28. The molecule has 0 radical (unpaired) electrons. The number of hydrogen-bond acceptors (Lipinski definition) is 6. The van der Waals surface area contributed by atoms with Gasteiger partial charge >= 0.3 is 0 Å². The van der Waals surface area contributed by atoms with Crippen molar-refractivity contribution in [2.75, 3.05) is 12.9 Å². The van der Waals surface area contributed by atoms with Crippen molar-refractivity contribution in [1.82, 2.24) is 15.0 Å². The first kappa shape index (κ1) is 24.5. The van der Waals surface area contributed by atoms with Gasteiger partial charge in [-0.25, -0.2) is 10.4 Å². The molecule has 0 aliphatic rings. The molecule has 1 amide bonds. The Balaban J connectivity index is 1.65. The fraction of sp³-hybridized carbons (Fsp3) is 0.250. The van der Waals surface area contributed by atoms with E-state index in [2.05, 4.69) is 26.1 Å². The molecule has 0 fully saturated rings. The first-order valence-electron chi connectivity index (χ1n) is 10.1. The Morgan fingerprint density at radius 1 is 1.30 bits per heavy atom. The topological polar surface area (TPSA) is 92.3 Å². The zero-order valence-electron chi connectivity index (χ0n) is 18.8. The highest BCUT2D eigenvalue weighted by Crippen LogP contribution is 2.25. The van der Waals surface area contributed by atoms with E-state index < -0.39 is 0 Å². The lowest BCUT2D eigenvalue weighted by molar-refractivity contribution is -0.118. The van der Waals surface area contributed by atoms with Gasteiger partial charge in [0.1, 0.15) is 11.1 Å². The Morgan fingerprint density at radius 2 is 2.03 bits per heavy atom. The molecule has 7 nitrogen and oxygen atoms in total. The predicted molar refractivity (Wildman–Crippen MR) is 131 cm³/mol. The standard InChI is InChI=1S/C24H24ClN5O2S/c1-15-9-19(13-32-4)22(11-26)24(28-15)33-14-23(31)29-27-12-18-10-16(2)30(17(18)3)21-7-5-20(25)6-8-21/h5-10,12H,13-14H2,1-4H3,(H,29,31). The van der Waals surface area contributed by atoms with Crippen molar-refractivity contribution in [3.05, 3.63) is 75.2 Å². The minimum atomic E-state index is -0.289. The number of benzene rings is 1. The molecular formula is C24H24ClN5O2S. The molecule has 0 spiro atoms. The van der Waals surface area contributed by atoms with Crippen molar-refractivity contribution >= 4 is 35.5 Å². The Hall–Kier alpha value is -3.12. The maximum absolute atomic E-state index is 12.3. The van der Waals surface area contributed by atoms with Crippen LogP contribution < -0.4 is 5.43 Å². The minimum absolute atomic E-state index is 0.0820. The SMILES string of the molecule is COCc1cc(C)nc(SCC(=O)NN=Cc2cc(C)n(-c3ccc(Cl)cc3)c2C)c1C#N. The molecule has 0 saturated heterocycles. The number of nitrogens with one attached hydrogen (secondary N) is 1. The third kappa shape index (κ3) is 6.02. The molecule has 0 aliphatic carbocycles. The van der Waals surface area contributed by atoms with Crippen LogP contribution in [0.3, 0.4) is 0 Å². The van der Waals surface area contributed by atoms with E-state index in [1.165, 1.54) is 11.8 Å². The highest BCUT2D eigenvalue weighted by molar-refractivity contribution is 8.00. The fourth-order valence-electron chi connectivity index (χ4n) is 3.45. The maximum Gasteiger partial charge on any atom is 0.250 e. The van der Waals surface area contributed by atoms with E-state index in [9.17, 15) is 10.1 Å². The van der Waals surface area contributed by atoms with Crippen LogP contribution in [0.15, 0.2) is 46.5 Å². The fourth-order valence-corrected chi connectivity index (χ4v) is 4.44. The van der Waals surface area contributed by atoms with Gasteiger partial charge in [0.05, 0.1) is 24.1 Å². The number of ether oxygens (including phenoxy) is 1. The van der Waals surface area contributed by atoms with Gasteiger partial charge in [-0.15, -0.1) is 0 Å². The molecule has 1 N–H and O–H groups in total. The summed E-state index contributed by atoms with van der Waals surface area (Å²) < 4.78 is 7.26. The second kappa shape index (κ2) is 11.1. The van der Waals surface area contributed by atoms with Crippen molar-refractivity contribution in [2.24, 2.45) is 5.10 Å². The number of pyridine rings is 1. The summed E-state index contributed by atoms with van der Waals surface area (Å²) >= 11 is 7.19. The van der Waals surface area contributed by atoms with Crippen molar-refractivity contribution in [3.8, 4) is 11.8 Å². The van der Waals surface area contributed by atoms with Gasteiger partial charge in [-0.3, -0.25) is 4.79 Å². The summed E-state index contributed by atoms with van der Waals surface area (Å²) in [5, 5.41) is 14.8. The van der Waals surface area contributed by atoms with Gasteiger partial charge in [0.25, 0.3) is 0 Å². The summed E-state index contributed by atoms with van der Waals surface area (Å²) in [7, 11) is 1.57. The van der Waals surface area contributed by atoms with Crippen molar-refractivity contribution in [2.45, 2.75) is 32.4 Å². The van der Waals surface area contributed by atoms with E-state index in [1.54, 1.807) is 13.3 Å². The predicted octanol–water partition coefficient (Wildman–Crippen LogP) is 4.71. The summed E-state index contributed by atoms with van der Waals surface area (Å²) in [6.07, 6.45) is 1.62. The minimum Gasteiger partial charge on any atom is -0.380 e. The van der Waals surface area contributed by atoms with Crippen LogP contribution in [0.4, 0.5) is 0 Å². The highest BCUT2D eigenvalue weighted by Gasteiger charge is 2.14. The van der Waals surface area contributed by atoms with Crippen LogP contribution in [0.5, 0.6) is 0 Å². The molecular weight excluding hydrogens is 458 g/mol. The lowest BCUT2D eigenvalue weighted by Gasteiger charge is -2.09. The molecule has 170 valence electrons. The number of carbonyl (C=O) groups excluding carboxylic acids is 1. The quantitative estimate of drug-likeness (QED) is 0.285. The van der Waals surface area contributed by atoms with Gasteiger partial charge in [0.15, 0.2) is 0 Å². The van der Waals surface area contributed by atoms with Gasteiger partial charge in [-0.2, -0.15) is 10.4 Å². The van der Waals surface area contributed by atoms with Crippen LogP contribution in [-0.4, -0.2) is 34.5 Å². The number of halogens is 1. The number of amides is 1. The molecule has 3 aromatic rings. The van der Waals surface area contributed by atoms with Crippen molar-refractivity contribution in [1.29, 1.82) is 5.26 Å². The molecule has 0 unspecified atom stereocenters.